The van der Waals surface area contributed by atoms with E-state index in [1.165, 1.54) is 24.3 Å². The second kappa shape index (κ2) is 6.48. The van der Waals surface area contributed by atoms with Gasteiger partial charge in [0.05, 0.1) is 6.07 Å². The molecule has 0 radical (unpaired) electrons. The van der Waals surface area contributed by atoms with Gasteiger partial charge in [-0.2, -0.15) is 23.4 Å². The number of hydrogen-bond donors (Lipinski definition) is 1. The Morgan fingerprint density at radius 2 is 2.04 bits per heavy atom. The number of nitrogens with one attached hydrogen (secondary N) is 1. The lowest BCUT2D eigenvalue weighted by Crippen LogP contribution is -2.33. The normalized spacial score (nSPS) is 12.5. The Morgan fingerprint density at radius 3 is 2.52 bits per heavy atom. The minimum Gasteiger partial charge on any atom is -0.336 e. The van der Waals surface area contributed by atoms with Crippen LogP contribution in [0.1, 0.15) is 29.6 Å². The summed E-state index contributed by atoms with van der Waals surface area (Å²) >= 11 is 0. The smallest absolute Gasteiger partial charge is 0.336 e. The molecule has 0 unspecified atom stereocenters. The van der Waals surface area contributed by atoms with E-state index in [4.69, 9.17) is 5.26 Å². The van der Waals surface area contributed by atoms with Gasteiger partial charge >= 0.3 is 12.1 Å². The number of carbonyl (C=O) groups excluding carboxylic acids is 1. The van der Waals surface area contributed by atoms with E-state index in [9.17, 15) is 18.0 Å². The molecule has 0 aliphatic heterocycles. The van der Waals surface area contributed by atoms with Crippen molar-refractivity contribution in [1.82, 2.24) is 15.5 Å². The first-order chi connectivity index (χ1) is 10.8. The van der Waals surface area contributed by atoms with Crippen LogP contribution in [-0.2, 0) is 6.18 Å². The number of halogens is 3. The van der Waals surface area contributed by atoms with E-state index in [2.05, 4.69) is 20.0 Å². The molecular formula is C14H11F3N4O2. The fourth-order valence-corrected chi connectivity index (χ4v) is 1.69. The number of aromatic nitrogens is 2. The maximum Gasteiger partial charge on any atom is 0.471 e. The van der Waals surface area contributed by atoms with Crippen LogP contribution in [0.25, 0.3) is 11.4 Å². The third-order valence-electron chi connectivity index (χ3n) is 2.94. The summed E-state index contributed by atoms with van der Waals surface area (Å²) < 4.78 is 41.3. The van der Waals surface area contributed by atoms with E-state index in [1.807, 2.05) is 6.07 Å². The molecule has 2 rings (SSSR count). The molecule has 1 amide bonds. The minimum atomic E-state index is -4.71. The quantitative estimate of drug-likeness (QED) is 0.933. The lowest BCUT2D eigenvalue weighted by molar-refractivity contribution is -0.159. The number of rotatable bonds is 4. The maximum atomic E-state index is 12.4. The molecule has 0 saturated heterocycles. The maximum absolute atomic E-state index is 12.4. The van der Waals surface area contributed by atoms with E-state index < -0.39 is 24.0 Å². The lowest BCUT2D eigenvalue weighted by atomic mass is 10.1. The van der Waals surface area contributed by atoms with Gasteiger partial charge in [0, 0.05) is 11.1 Å². The number of nitriles is 1. The molecular weight excluding hydrogens is 313 g/mol. The molecule has 0 spiro atoms. The van der Waals surface area contributed by atoms with E-state index in [1.54, 1.807) is 6.92 Å². The first-order valence-electron chi connectivity index (χ1n) is 6.57. The molecule has 0 saturated carbocycles. The van der Waals surface area contributed by atoms with Gasteiger partial charge in [-0.05, 0) is 18.6 Å². The second-order valence-electron chi connectivity index (χ2n) is 4.56. The molecule has 1 N–H and O–H groups in total. The largest absolute Gasteiger partial charge is 0.471 e. The summed E-state index contributed by atoms with van der Waals surface area (Å²) in [5, 5.41) is 14.6. The van der Waals surface area contributed by atoms with Gasteiger partial charge < -0.3 is 9.84 Å². The summed E-state index contributed by atoms with van der Waals surface area (Å²) in [5.74, 6) is -2.11. The SMILES string of the molecule is CC[C@H](C#N)NC(=O)c1ccc(-c2noc(C(F)(F)F)n2)cc1. The summed E-state index contributed by atoms with van der Waals surface area (Å²) in [7, 11) is 0. The van der Waals surface area contributed by atoms with Crippen LogP contribution in [0.15, 0.2) is 28.8 Å². The van der Waals surface area contributed by atoms with Crippen molar-refractivity contribution >= 4 is 5.91 Å². The van der Waals surface area contributed by atoms with Crippen molar-refractivity contribution in [2.45, 2.75) is 25.6 Å². The summed E-state index contributed by atoms with van der Waals surface area (Å²) in [4.78, 5) is 15.2. The van der Waals surface area contributed by atoms with Gasteiger partial charge in [-0.1, -0.05) is 24.2 Å². The number of nitrogens with zero attached hydrogens (tertiary/aromatic N) is 3. The van der Waals surface area contributed by atoms with Gasteiger partial charge in [0.15, 0.2) is 0 Å². The highest BCUT2D eigenvalue weighted by Crippen LogP contribution is 2.29. The Hall–Kier alpha value is -2.89. The predicted molar refractivity (Wildman–Crippen MR) is 71.9 cm³/mol. The van der Waals surface area contributed by atoms with E-state index in [-0.39, 0.29) is 17.0 Å². The highest BCUT2D eigenvalue weighted by Gasteiger charge is 2.38. The minimum absolute atomic E-state index is 0.229. The van der Waals surface area contributed by atoms with Gasteiger partial charge in [-0.25, -0.2) is 0 Å². The number of carbonyl (C=O) groups is 1. The molecule has 1 atom stereocenters. The molecule has 6 nitrogen and oxygen atoms in total. The molecule has 0 aliphatic rings. The summed E-state index contributed by atoms with van der Waals surface area (Å²) in [5.41, 5.74) is 0.537. The zero-order valence-corrected chi connectivity index (χ0v) is 11.9. The van der Waals surface area contributed by atoms with Crippen molar-refractivity contribution in [3.63, 3.8) is 0 Å². The lowest BCUT2D eigenvalue weighted by Gasteiger charge is -2.09. The monoisotopic (exact) mass is 324 g/mol. The molecule has 0 aliphatic carbocycles. The Labute approximate surface area is 128 Å². The van der Waals surface area contributed by atoms with Gasteiger partial charge in [0.25, 0.3) is 5.91 Å². The zero-order valence-electron chi connectivity index (χ0n) is 11.9. The Morgan fingerprint density at radius 1 is 1.39 bits per heavy atom. The van der Waals surface area contributed by atoms with Crippen LogP contribution in [0.3, 0.4) is 0 Å². The summed E-state index contributed by atoms with van der Waals surface area (Å²) in [6.07, 6.45) is -4.25. The number of benzene rings is 1. The van der Waals surface area contributed by atoms with Crippen LogP contribution in [0.5, 0.6) is 0 Å². The highest BCUT2D eigenvalue weighted by molar-refractivity contribution is 5.94. The van der Waals surface area contributed by atoms with Crippen LogP contribution in [0, 0.1) is 11.3 Å². The van der Waals surface area contributed by atoms with Crippen molar-refractivity contribution in [3.8, 4) is 17.5 Å². The van der Waals surface area contributed by atoms with Crippen molar-refractivity contribution < 1.29 is 22.5 Å². The molecule has 1 heterocycles. The molecule has 2 aromatic rings. The van der Waals surface area contributed by atoms with Gasteiger partial charge in [0.2, 0.25) is 5.82 Å². The summed E-state index contributed by atoms with van der Waals surface area (Å²) in [6, 6.07) is 6.93. The van der Waals surface area contributed by atoms with Crippen molar-refractivity contribution in [2.24, 2.45) is 0 Å². The van der Waals surface area contributed by atoms with Crippen LogP contribution in [-0.4, -0.2) is 22.1 Å². The van der Waals surface area contributed by atoms with Crippen molar-refractivity contribution in [2.75, 3.05) is 0 Å². The first-order valence-corrected chi connectivity index (χ1v) is 6.57. The van der Waals surface area contributed by atoms with E-state index >= 15 is 0 Å². The number of amides is 1. The number of alkyl halides is 3. The predicted octanol–water partition coefficient (Wildman–Crippen LogP) is 2.79. The molecule has 9 heteroatoms. The number of hydrogen-bond acceptors (Lipinski definition) is 5. The van der Waals surface area contributed by atoms with Crippen LogP contribution < -0.4 is 5.32 Å². The Bertz CT molecular complexity index is 732. The van der Waals surface area contributed by atoms with Crippen LogP contribution in [0.2, 0.25) is 0 Å². The molecule has 23 heavy (non-hydrogen) atoms. The fraction of sp³-hybridized carbons (Fsp3) is 0.286. The van der Waals surface area contributed by atoms with E-state index in [0.717, 1.165) is 0 Å². The summed E-state index contributed by atoms with van der Waals surface area (Å²) in [6.45, 7) is 1.76. The van der Waals surface area contributed by atoms with Crippen molar-refractivity contribution in [3.05, 3.63) is 35.7 Å². The van der Waals surface area contributed by atoms with E-state index in [0.29, 0.717) is 6.42 Å². The molecule has 0 fully saturated rings. The Kier molecular flexibility index (Phi) is 4.64. The molecule has 1 aromatic heterocycles. The third kappa shape index (κ3) is 3.85. The van der Waals surface area contributed by atoms with Crippen LogP contribution in [0.4, 0.5) is 13.2 Å². The van der Waals surface area contributed by atoms with Gasteiger partial charge in [-0.3, -0.25) is 4.79 Å². The van der Waals surface area contributed by atoms with Crippen molar-refractivity contribution in [1.29, 1.82) is 5.26 Å². The fourth-order valence-electron chi connectivity index (χ4n) is 1.69. The standard InChI is InChI=1S/C14H11F3N4O2/c1-2-10(7-18)19-12(22)9-5-3-8(4-6-9)11-20-13(23-21-11)14(15,16)17/h3-6,10H,2H2,1H3,(H,19,22)/t10-/m1/s1. The Balaban J connectivity index is 2.15. The van der Waals surface area contributed by atoms with Gasteiger partial charge in [0.1, 0.15) is 6.04 Å². The topological polar surface area (TPSA) is 91.8 Å². The average molecular weight is 324 g/mol. The molecule has 120 valence electrons. The molecule has 1 aromatic carbocycles. The molecule has 0 bridgehead atoms. The first kappa shape index (κ1) is 16.5. The van der Waals surface area contributed by atoms with Crippen LogP contribution >= 0.6 is 0 Å². The average Bonchev–Trinajstić information content (AvgIpc) is 3.02. The van der Waals surface area contributed by atoms with Gasteiger partial charge in [-0.15, -0.1) is 0 Å². The second-order valence-corrected chi connectivity index (χ2v) is 4.56. The third-order valence-corrected chi connectivity index (χ3v) is 2.94. The zero-order chi connectivity index (χ0) is 17.0. The highest BCUT2D eigenvalue weighted by atomic mass is 19.4.